The van der Waals surface area contributed by atoms with E-state index in [1.54, 1.807) is 17.5 Å². The maximum Gasteiger partial charge on any atom is 0.140 e. The first-order valence-electron chi connectivity index (χ1n) is 4.84. The number of hydrogen-bond acceptors (Lipinski definition) is 3. The standard InChI is InChI=1S/C12H13NOS/c1-9-3-4-10(2)11(7-9)14-8-12-13-5-6-15-12/h3-7H,8H2,1-2H3. The number of hydrogen-bond donors (Lipinski definition) is 0. The SMILES string of the molecule is Cc1ccc(C)c(OCc2nccs2)c1. The molecule has 0 spiro atoms. The number of aryl methyl sites for hydroxylation is 2. The second kappa shape index (κ2) is 4.45. The first kappa shape index (κ1) is 10.2. The fourth-order valence-electron chi connectivity index (χ4n) is 1.33. The van der Waals surface area contributed by atoms with Gasteiger partial charge in [-0.05, 0) is 31.0 Å². The van der Waals surface area contributed by atoms with Gasteiger partial charge in [-0.2, -0.15) is 0 Å². The first-order chi connectivity index (χ1) is 7.25. The van der Waals surface area contributed by atoms with E-state index in [9.17, 15) is 0 Å². The molecule has 1 aromatic carbocycles. The lowest BCUT2D eigenvalue weighted by Crippen LogP contribution is -1.96. The van der Waals surface area contributed by atoms with Gasteiger partial charge in [0.2, 0.25) is 0 Å². The highest BCUT2D eigenvalue weighted by Crippen LogP contribution is 2.20. The molecule has 2 aromatic rings. The molecule has 1 heterocycles. The average molecular weight is 219 g/mol. The summed E-state index contributed by atoms with van der Waals surface area (Å²) in [5.41, 5.74) is 2.38. The van der Waals surface area contributed by atoms with Gasteiger partial charge in [0, 0.05) is 11.6 Å². The smallest absolute Gasteiger partial charge is 0.140 e. The molecular weight excluding hydrogens is 206 g/mol. The number of thiazole rings is 1. The number of nitrogens with zero attached hydrogens (tertiary/aromatic N) is 1. The van der Waals surface area contributed by atoms with Gasteiger partial charge in [-0.1, -0.05) is 12.1 Å². The lowest BCUT2D eigenvalue weighted by molar-refractivity contribution is 0.303. The molecule has 0 bridgehead atoms. The highest BCUT2D eigenvalue weighted by Gasteiger charge is 2.01. The summed E-state index contributed by atoms with van der Waals surface area (Å²) < 4.78 is 5.71. The van der Waals surface area contributed by atoms with Crippen LogP contribution in [0.3, 0.4) is 0 Å². The average Bonchev–Trinajstić information content (AvgIpc) is 2.72. The Morgan fingerprint density at radius 1 is 1.33 bits per heavy atom. The van der Waals surface area contributed by atoms with Crippen molar-refractivity contribution in [3.8, 4) is 5.75 Å². The van der Waals surface area contributed by atoms with Crippen LogP contribution in [0.5, 0.6) is 5.75 Å². The van der Waals surface area contributed by atoms with Gasteiger partial charge in [0.25, 0.3) is 0 Å². The van der Waals surface area contributed by atoms with E-state index >= 15 is 0 Å². The van der Waals surface area contributed by atoms with Gasteiger partial charge in [0.15, 0.2) is 0 Å². The van der Waals surface area contributed by atoms with Crippen LogP contribution in [0, 0.1) is 13.8 Å². The topological polar surface area (TPSA) is 22.1 Å². The van der Waals surface area contributed by atoms with Crippen LogP contribution in [0.15, 0.2) is 29.8 Å². The molecule has 78 valence electrons. The minimum absolute atomic E-state index is 0.558. The summed E-state index contributed by atoms with van der Waals surface area (Å²) >= 11 is 1.62. The molecule has 0 radical (unpaired) electrons. The fraction of sp³-hybridized carbons (Fsp3) is 0.250. The summed E-state index contributed by atoms with van der Waals surface area (Å²) in [5, 5.41) is 2.97. The molecule has 0 aliphatic carbocycles. The predicted molar refractivity (Wildman–Crippen MR) is 62.4 cm³/mol. The van der Waals surface area contributed by atoms with E-state index in [4.69, 9.17) is 4.74 Å². The van der Waals surface area contributed by atoms with E-state index in [1.807, 2.05) is 5.38 Å². The number of aromatic nitrogens is 1. The van der Waals surface area contributed by atoms with Crippen molar-refractivity contribution < 1.29 is 4.74 Å². The van der Waals surface area contributed by atoms with E-state index in [-0.39, 0.29) is 0 Å². The van der Waals surface area contributed by atoms with Crippen LogP contribution in [0.2, 0.25) is 0 Å². The monoisotopic (exact) mass is 219 g/mol. The molecule has 0 N–H and O–H groups in total. The summed E-state index contributed by atoms with van der Waals surface area (Å²) in [6, 6.07) is 6.22. The molecule has 3 heteroatoms. The van der Waals surface area contributed by atoms with E-state index in [1.165, 1.54) is 5.56 Å². The van der Waals surface area contributed by atoms with Gasteiger partial charge in [0.1, 0.15) is 17.4 Å². The van der Waals surface area contributed by atoms with Crippen LogP contribution in [-0.4, -0.2) is 4.98 Å². The largest absolute Gasteiger partial charge is 0.486 e. The van der Waals surface area contributed by atoms with Crippen molar-refractivity contribution in [1.82, 2.24) is 4.98 Å². The Morgan fingerprint density at radius 3 is 2.93 bits per heavy atom. The van der Waals surface area contributed by atoms with Crippen LogP contribution in [0.25, 0.3) is 0 Å². The van der Waals surface area contributed by atoms with Gasteiger partial charge in [-0.25, -0.2) is 4.98 Å². The number of ether oxygens (including phenoxy) is 1. The molecule has 0 amide bonds. The third-order valence-electron chi connectivity index (χ3n) is 2.18. The Kier molecular flexibility index (Phi) is 3.02. The minimum atomic E-state index is 0.558. The molecule has 0 atom stereocenters. The second-order valence-electron chi connectivity index (χ2n) is 3.48. The summed E-state index contributed by atoms with van der Waals surface area (Å²) in [7, 11) is 0. The number of rotatable bonds is 3. The summed E-state index contributed by atoms with van der Waals surface area (Å²) in [6.07, 6.45) is 1.80. The lowest BCUT2D eigenvalue weighted by Gasteiger charge is -2.08. The van der Waals surface area contributed by atoms with Crippen molar-refractivity contribution in [3.63, 3.8) is 0 Å². The van der Waals surface area contributed by atoms with Gasteiger partial charge in [-0.3, -0.25) is 0 Å². The third-order valence-corrected chi connectivity index (χ3v) is 2.93. The summed E-state index contributed by atoms with van der Waals surface area (Å²) in [6.45, 7) is 4.67. The van der Waals surface area contributed by atoms with Crippen molar-refractivity contribution >= 4 is 11.3 Å². The highest BCUT2D eigenvalue weighted by molar-refractivity contribution is 7.09. The Balaban J connectivity index is 2.07. The molecule has 0 saturated heterocycles. The first-order valence-corrected chi connectivity index (χ1v) is 5.72. The van der Waals surface area contributed by atoms with Crippen molar-refractivity contribution in [2.45, 2.75) is 20.5 Å². The summed E-state index contributed by atoms with van der Waals surface area (Å²) in [4.78, 5) is 4.18. The molecule has 2 nitrogen and oxygen atoms in total. The number of benzene rings is 1. The molecule has 0 fully saturated rings. The van der Waals surface area contributed by atoms with Crippen LogP contribution >= 0.6 is 11.3 Å². The van der Waals surface area contributed by atoms with Gasteiger partial charge in [0.05, 0.1) is 0 Å². The molecule has 1 aromatic heterocycles. The zero-order valence-electron chi connectivity index (χ0n) is 8.86. The molecule has 15 heavy (non-hydrogen) atoms. The van der Waals surface area contributed by atoms with Crippen molar-refractivity contribution in [3.05, 3.63) is 45.9 Å². The molecule has 2 rings (SSSR count). The van der Waals surface area contributed by atoms with Crippen LogP contribution in [-0.2, 0) is 6.61 Å². The van der Waals surface area contributed by atoms with Crippen molar-refractivity contribution in [1.29, 1.82) is 0 Å². The van der Waals surface area contributed by atoms with E-state index < -0.39 is 0 Å². The minimum Gasteiger partial charge on any atom is -0.486 e. The van der Waals surface area contributed by atoms with Gasteiger partial charge in [-0.15, -0.1) is 11.3 Å². The van der Waals surface area contributed by atoms with Crippen LogP contribution in [0.4, 0.5) is 0 Å². The normalized spacial score (nSPS) is 10.3. The van der Waals surface area contributed by atoms with Crippen molar-refractivity contribution in [2.75, 3.05) is 0 Å². The van der Waals surface area contributed by atoms with Gasteiger partial charge >= 0.3 is 0 Å². The van der Waals surface area contributed by atoms with E-state index in [2.05, 4.69) is 37.0 Å². The highest BCUT2D eigenvalue weighted by atomic mass is 32.1. The zero-order chi connectivity index (χ0) is 10.7. The van der Waals surface area contributed by atoms with Crippen LogP contribution in [0.1, 0.15) is 16.1 Å². The van der Waals surface area contributed by atoms with Crippen molar-refractivity contribution in [2.24, 2.45) is 0 Å². The Bertz CT molecular complexity index is 437. The Hall–Kier alpha value is -1.35. The Labute approximate surface area is 93.6 Å². The fourth-order valence-corrected chi connectivity index (χ4v) is 1.85. The van der Waals surface area contributed by atoms with E-state index in [0.29, 0.717) is 6.61 Å². The molecule has 0 unspecified atom stereocenters. The predicted octanol–water partition coefficient (Wildman–Crippen LogP) is 3.34. The maximum absolute atomic E-state index is 5.71. The quantitative estimate of drug-likeness (QED) is 0.790. The lowest BCUT2D eigenvalue weighted by atomic mass is 10.1. The maximum atomic E-state index is 5.71. The third kappa shape index (κ3) is 2.57. The van der Waals surface area contributed by atoms with Gasteiger partial charge < -0.3 is 4.74 Å². The molecule has 0 aliphatic rings. The summed E-state index contributed by atoms with van der Waals surface area (Å²) in [5.74, 6) is 0.949. The van der Waals surface area contributed by atoms with E-state index in [0.717, 1.165) is 16.3 Å². The zero-order valence-corrected chi connectivity index (χ0v) is 9.67. The Morgan fingerprint density at radius 2 is 2.20 bits per heavy atom. The van der Waals surface area contributed by atoms with Crippen LogP contribution < -0.4 is 4.74 Å². The molecule has 0 saturated carbocycles. The molecular formula is C12H13NOS. The second-order valence-corrected chi connectivity index (χ2v) is 4.46. The molecule has 0 aliphatic heterocycles.